The summed E-state index contributed by atoms with van der Waals surface area (Å²) < 4.78 is 5.03. The van der Waals surface area contributed by atoms with Gasteiger partial charge in [-0.25, -0.2) is 0 Å². The lowest BCUT2D eigenvalue weighted by atomic mass is 10.2. The van der Waals surface area contributed by atoms with Gasteiger partial charge in [0.1, 0.15) is 5.75 Å². The molecule has 0 aliphatic rings. The van der Waals surface area contributed by atoms with Gasteiger partial charge in [0, 0.05) is 18.7 Å². The minimum atomic E-state index is 0.00330. The van der Waals surface area contributed by atoms with Crippen LogP contribution >= 0.6 is 0 Å². The molecule has 0 aromatic carbocycles. The van der Waals surface area contributed by atoms with E-state index in [1.54, 1.807) is 19.5 Å². The van der Waals surface area contributed by atoms with Crippen molar-refractivity contribution in [3.8, 4) is 5.75 Å². The lowest BCUT2D eigenvalue weighted by Crippen LogP contribution is -2.27. The van der Waals surface area contributed by atoms with Crippen molar-refractivity contribution >= 4 is 5.91 Å². The Morgan fingerprint density at radius 3 is 2.87 bits per heavy atom. The number of rotatable bonds is 4. The molecule has 1 N–H and O–H groups in total. The van der Waals surface area contributed by atoms with Crippen molar-refractivity contribution in [1.29, 1.82) is 0 Å². The van der Waals surface area contributed by atoms with E-state index in [1.807, 2.05) is 19.9 Å². The number of amides is 1. The van der Waals surface area contributed by atoms with Crippen LogP contribution in [0.3, 0.4) is 0 Å². The molecule has 1 aromatic rings. The molecular formula is C11H16N2O2. The Hall–Kier alpha value is -1.58. The quantitative estimate of drug-likeness (QED) is 0.812. The normalized spacial score (nSPS) is 10.1. The second-order valence-electron chi connectivity index (χ2n) is 3.61. The third-order valence-electron chi connectivity index (χ3n) is 2.00. The van der Waals surface area contributed by atoms with Crippen LogP contribution in [0.4, 0.5) is 0 Å². The highest BCUT2D eigenvalue weighted by Crippen LogP contribution is 2.09. The zero-order valence-electron chi connectivity index (χ0n) is 9.28. The van der Waals surface area contributed by atoms with E-state index in [4.69, 9.17) is 4.74 Å². The predicted octanol–water partition coefficient (Wildman–Crippen LogP) is 1.36. The maximum atomic E-state index is 11.3. The Balaban J connectivity index is 2.54. The number of hydrogen-bond donors (Lipinski definition) is 1. The number of methoxy groups -OCH3 is 1. The fourth-order valence-corrected chi connectivity index (χ4v) is 1.07. The van der Waals surface area contributed by atoms with E-state index in [-0.39, 0.29) is 11.8 Å². The Labute approximate surface area is 89.7 Å². The SMILES string of the molecule is COc1cncc(CNC(=O)C(C)C)c1. The van der Waals surface area contributed by atoms with Crippen molar-refractivity contribution < 1.29 is 9.53 Å². The van der Waals surface area contributed by atoms with Crippen LogP contribution in [-0.2, 0) is 11.3 Å². The molecule has 0 radical (unpaired) electrons. The van der Waals surface area contributed by atoms with Crippen molar-refractivity contribution in [3.05, 3.63) is 24.0 Å². The molecule has 0 atom stereocenters. The summed E-state index contributed by atoms with van der Waals surface area (Å²) >= 11 is 0. The number of nitrogens with zero attached hydrogens (tertiary/aromatic N) is 1. The summed E-state index contributed by atoms with van der Waals surface area (Å²) in [6.45, 7) is 4.21. The molecule has 0 fully saturated rings. The van der Waals surface area contributed by atoms with Crippen molar-refractivity contribution in [2.45, 2.75) is 20.4 Å². The van der Waals surface area contributed by atoms with Gasteiger partial charge >= 0.3 is 0 Å². The molecular weight excluding hydrogens is 192 g/mol. The highest BCUT2D eigenvalue weighted by molar-refractivity contribution is 5.77. The average Bonchev–Trinajstić information content (AvgIpc) is 2.26. The number of pyridine rings is 1. The first-order valence-electron chi connectivity index (χ1n) is 4.89. The summed E-state index contributed by atoms with van der Waals surface area (Å²) in [5.74, 6) is 0.743. The van der Waals surface area contributed by atoms with Gasteiger partial charge in [-0.2, -0.15) is 0 Å². The van der Waals surface area contributed by atoms with Gasteiger partial charge in [-0.3, -0.25) is 9.78 Å². The largest absolute Gasteiger partial charge is 0.495 e. The van der Waals surface area contributed by atoms with Gasteiger partial charge in [-0.15, -0.1) is 0 Å². The third kappa shape index (κ3) is 3.58. The van der Waals surface area contributed by atoms with Gasteiger partial charge in [0.2, 0.25) is 5.91 Å². The fraction of sp³-hybridized carbons (Fsp3) is 0.455. The Morgan fingerprint density at radius 2 is 2.27 bits per heavy atom. The van der Waals surface area contributed by atoms with Crippen LogP contribution in [0.25, 0.3) is 0 Å². The molecule has 0 unspecified atom stereocenters. The molecule has 0 aliphatic carbocycles. The Morgan fingerprint density at radius 1 is 1.53 bits per heavy atom. The van der Waals surface area contributed by atoms with Crippen LogP contribution in [0.15, 0.2) is 18.5 Å². The first-order valence-corrected chi connectivity index (χ1v) is 4.89. The molecule has 0 bridgehead atoms. The van der Waals surface area contributed by atoms with Gasteiger partial charge in [0.25, 0.3) is 0 Å². The highest BCUT2D eigenvalue weighted by atomic mass is 16.5. The summed E-state index contributed by atoms with van der Waals surface area (Å²) in [4.78, 5) is 15.3. The second kappa shape index (κ2) is 5.34. The van der Waals surface area contributed by atoms with Crippen molar-refractivity contribution in [1.82, 2.24) is 10.3 Å². The minimum Gasteiger partial charge on any atom is -0.495 e. The fourth-order valence-electron chi connectivity index (χ4n) is 1.07. The summed E-state index contributed by atoms with van der Waals surface area (Å²) in [6, 6.07) is 1.85. The lowest BCUT2D eigenvalue weighted by molar-refractivity contribution is -0.124. The molecule has 82 valence electrons. The first kappa shape index (κ1) is 11.5. The molecule has 0 saturated heterocycles. The molecule has 4 heteroatoms. The molecule has 1 aromatic heterocycles. The Bertz CT molecular complexity index is 337. The topological polar surface area (TPSA) is 51.2 Å². The van der Waals surface area contributed by atoms with Crippen LogP contribution in [0.2, 0.25) is 0 Å². The van der Waals surface area contributed by atoms with E-state index in [1.165, 1.54) is 0 Å². The van der Waals surface area contributed by atoms with E-state index in [0.717, 1.165) is 5.56 Å². The molecule has 1 amide bonds. The summed E-state index contributed by atoms with van der Waals surface area (Å²) in [5, 5.41) is 2.82. The molecule has 15 heavy (non-hydrogen) atoms. The van der Waals surface area contributed by atoms with E-state index in [0.29, 0.717) is 12.3 Å². The van der Waals surface area contributed by atoms with Gasteiger partial charge in [0.15, 0.2) is 0 Å². The number of hydrogen-bond acceptors (Lipinski definition) is 3. The summed E-state index contributed by atoms with van der Waals surface area (Å²) in [5.41, 5.74) is 0.934. The van der Waals surface area contributed by atoms with E-state index in [2.05, 4.69) is 10.3 Å². The van der Waals surface area contributed by atoms with Crippen LogP contribution in [0, 0.1) is 5.92 Å². The Kier molecular flexibility index (Phi) is 4.09. The molecule has 0 saturated carbocycles. The first-order chi connectivity index (χ1) is 7.13. The zero-order valence-corrected chi connectivity index (χ0v) is 9.28. The minimum absolute atomic E-state index is 0.00330. The zero-order chi connectivity index (χ0) is 11.3. The van der Waals surface area contributed by atoms with Crippen molar-refractivity contribution in [3.63, 3.8) is 0 Å². The van der Waals surface area contributed by atoms with Crippen LogP contribution in [-0.4, -0.2) is 18.0 Å². The smallest absolute Gasteiger partial charge is 0.222 e. The maximum Gasteiger partial charge on any atom is 0.222 e. The third-order valence-corrected chi connectivity index (χ3v) is 2.00. The standard InChI is InChI=1S/C11H16N2O2/c1-8(2)11(14)13-6-9-4-10(15-3)7-12-5-9/h4-5,7-8H,6H2,1-3H3,(H,13,14). The predicted molar refractivity (Wildman–Crippen MR) is 57.5 cm³/mol. The molecule has 1 heterocycles. The maximum absolute atomic E-state index is 11.3. The van der Waals surface area contributed by atoms with Gasteiger partial charge in [-0.05, 0) is 11.6 Å². The van der Waals surface area contributed by atoms with Crippen LogP contribution < -0.4 is 10.1 Å². The van der Waals surface area contributed by atoms with E-state index >= 15 is 0 Å². The van der Waals surface area contributed by atoms with Gasteiger partial charge in [0.05, 0.1) is 13.3 Å². The van der Waals surface area contributed by atoms with Crippen molar-refractivity contribution in [2.24, 2.45) is 5.92 Å². The van der Waals surface area contributed by atoms with E-state index in [9.17, 15) is 4.79 Å². The van der Waals surface area contributed by atoms with Gasteiger partial charge < -0.3 is 10.1 Å². The average molecular weight is 208 g/mol. The van der Waals surface area contributed by atoms with E-state index < -0.39 is 0 Å². The number of aromatic nitrogens is 1. The summed E-state index contributed by atoms with van der Waals surface area (Å²) in [6.07, 6.45) is 3.34. The van der Waals surface area contributed by atoms with Crippen molar-refractivity contribution in [2.75, 3.05) is 7.11 Å². The highest BCUT2D eigenvalue weighted by Gasteiger charge is 2.06. The summed E-state index contributed by atoms with van der Waals surface area (Å²) in [7, 11) is 1.59. The number of nitrogens with one attached hydrogen (secondary N) is 1. The number of carbonyl (C=O) groups is 1. The van der Waals surface area contributed by atoms with Crippen LogP contribution in [0.5, 0.6) is 5.75 Å². The molecule has 4 nitrogen and oxygen atoms in total. The molecule has 0 spiro atoms. The van der Waals surface area contributed by atoms with Crippen LogP contribution in [0.1, 0.15) is 19.4 Å². The second-order valence-corrected chi connectivity index (χ2v) is 3.61. The molecule has 0 aliphatic heterocycles. The molecule has 1 rings (SSSR count). The van der Waals surface area contributed by atoms with Gasteiger partial charge in [-0.1, -0.05) is 13.8 Å². The number of carbonyl (C=O) groups excluding carboxylic acids is 1. The number of ether oxygens (including phenoxy) is 1. The monoisotopic (exact) mass is 208 g/mol. The lowest BCUT2D eigenvalue weighted by Gasteiger charge is -2.08.